The van der Waals surface area contributed by atoms with Crippen LogP contribution >= 0.6 is 11.8 Å². The normalized spacial score (nSPS) is 17.8. The van der Waals surface area contributed by atoms with Crippen molar-refractivity contribution in [3.05, 3.63) is 147 Å². The van der Waals surface area contributed by atoms with E-state index in [1.807, 2.05) is 85.8 Å². The number of aryl methyl sites for hydroxylation is 1. The lowest BCUT2D eigenvalue weighted by Crippen LogP contribution is -2.71. The monoisotopic (exact) mass is 794 g/mol. The number of rotatable bonds is 12. The Morgan fingerprint density at radius 2 is 1.57 bits per heavy atom. The largest absolute Gasteiger partial charge is 0.497 e. The maximum Gasteiger partial charge on any atom is 0.352 e. The lowest BCUT2D eigenvalue weighted by atomic mass is 9.91. The number of methoxy groups -OCH3 is 1. The van der Waals surface area contributed by atoms with Gasteiger partial charge in [0.1, 0.15) is 58.9 Å². The molecule has 58 heavy (non-hydrogen) atoms. The molecule has 292 valence electrons. The van der Waals surface area contributed by atoms with Gasteiger partial charge in [-0.2, -0.15) is 0 Å². The number of thioether (sulfide) groups is 1. The van der Waals surface area contributed by atoms with Crippen LogP contribution in [0, 0.1) is 6.92 Å². The fourth-order valence-electron chi connectivity index (χ4n) is 7.87. The minimum Gasteiger partial charge on any atom is -0.497 e. The second kappa shape index (κ2) is 14.8. The van der Waals surface area contributed by atoms with E-state index in [1.54, 1.807) is 31.4 Å². The third kappa shape index (κ3) is 6.83. The van der Waals surface area contributed by atoms with Gasteiger partial charge in [-0.05, 0) is 90.6 Å². The molecule has 3 heterocycles. The highest BCUT2D eigenvalue weighted by atomic mass is 32.2. The van der Waals surface area contributed by atoms with E-state index in [0.29, 0.717) is 28.4 Å². The van der Waals surface area contributed by atoms with Gasteiger partial charge in [-0.1, -0.05) is 48.5 Å². The molecule has 11 nitrogen and oxygen atoms in total. The van der Waals surface area contributed by atoms with Crippen molar-refractivity contribution < 1.29 is 38.1 Å². The molecular formula is C46H38N2O9S. The molecule has 2 fully saturated rings. The summed E-state index contributed by atoms with van der Waals surface area (Å²) in [6.07, 6.45) is 1.65. The highest BCUT2D eigenvalue weighted by molar-refractivity contribution is 8.02. The Morgan fingerprint density at radius 1 is 0.845 bits per heavy atom. The zero-order chi connectivity index (χ0) is 40.1. The van der Waals surface area contributed by atoms with Crippen LogP contribution in [0.4, 0.5) is 0 Å². The first-order valence-electron chi connectivity index (χ1n) is 18.9. The van der Waals surface area contributed by atoms with E-state index in [2.05, 4.69) is 5.32 Å². The predicted octanol–water partition coefficient (Wildman–Crippen LogP) is 7.35. The van der Waals surface area contributed by atoms with Gasteiger partial charge in [-0.3, -0.25) is 19.3 Å². The second-order valence-corrected chi connectivity index (χ2v) is 16.2. The Balaban J connectivity index is 0.883. The molecule has 0 aromatic heterocycles. The third-order valence-corrected chi connectivity index (χ3v) is 12.8. The molecule has 1 saturated carbocycles. The first-order chi connectivity index (χ1) is 28.1. The lowest BCUT2D eigenvalue weighted by Gasteiger charge is -2.51. The smallest absolute Gasteiger partial charge is 0.352 e. The zero-order valence-corrected chi connectivity index (χ0v) is 32.5. The van der Waals surface area contributed by atoms with Crippen LogP contribution in [-0.2, 0) is 27.4 Å². The van der Waals surface area contributed by atoms with Crippen molar-refractivity contribution in [1.29, 1.82) is 0 Å². The number of carboxylic acid groups (broad SMARTS) is 1. The molecule has 2 N–H and O–H groups in total. The number of carbonyl (C=O) groups excluding carboxylic acids is 2. The van der Waals surface area contributed by atoms with E-state index in [1.165, 1.54) is 22.7 Å². The number of benzene rings is 5. The van der Waals surface area contributed by atoms with Crippen LogP contribution in [-0.4, -0.2) is 57.7 Å². The molecule has 2 atom stereocenters. The van der Waals surface area contributed by atoms with Crippen molar-refractivity contribution in [3.8, 4) is 39.7 Å². The summed E-state index contributed by atoms with van der Waals surface area (Å²) in [5.41, 5.74) is 6.44. The first kappa shape index (κ1) is 37.1. The number of aliphatic carboxylic acids is 1. The molecule has 4 aromatic carbocycles. The maximum absolute atomic E-state index is 13.3. The number of ether oxygens (including phenoxy) is 3. The number of β-lactam (4-membered cyclic amide) rings is 1. The minimum atomic E-state index is -1.19. The molecule has 5 aliphatic rings. The quantitative estimate of drug-likeness (QED) is 0.0953. The van der Waals surface area contributed by atoms with Crippen LogP contribution in [0.2, 0.25) is 0 Å². The highest BCUT2D eigenvalue weighted by Gasteiger charge is 2.63. The van der Waals surface area contributed by atoms with Crippen molar-refractivity contribution in [2.75, 3.05) is 13.7 Å². The molecule has 0 unspecified atom stereocenters. The average Bonchev–Trinajstić information content (AvgIpc) is 4.00. The predicted molar refractivity (Wildman–Crippen MR) is 219 cm³/mol. The number of hydrogen-bond acceptors (Lipinski definition) is 9. The van der Waals surface area contributed by atoms with Gasteiger partial charge in [0.2, 0.25) is 5.91 Å². The van der Waals surface area contributed by atoms with Gasteiger partial charge < -0.3 is 29.1 Å². The first-order valence-corrected chi connectivity index (χ1v) is 19.8. The summed E-state index contributed by atoms with van der Waals surface area (Å²) in [5, 5.41) is 13.5. The molecule has 4 aromatic rings. The van der Waals surface area contributed by atoms with Gasteiger partial charge in [0.05, 0.1) is 13.5 Å². The molecule has 2 amide bonds. The highest BCUT2D eigenvalue weighted by Crippen LogP contribution is 2.62. The van der Waals surface area contributed by atoms with E-state index in [9.17, 15) is 24.3 Å². The third-order valence-electron chi connectivity index (χ3n) is 11.0. The molecule has 3 aliphatic heterocycles. The van der Waals surface area contributed by atoms with E-state index in [-0.39, 0.29) is 36.7 Å². The Bertz CT molecular complexity index is 2670. The Hall–Kier alpha value is -6.53. The standard InChI is InChI=1S/C46H38N2O9S/c1-26-20-31(54-2)13-16-33(26)40-34-15-10-29(49)22-37(34)57-38-23-32(14-17-35(38)40)55-24-28-8-11-30(12-9-28)56-25-36-42(45(52)53)48-43(51)41(44(48)58-46(36)18-19-46)47-39(50)21-27-6-4-3-5-7-27/h3-17,20,22-23,41,44H,18-19,21,24-25H2,1-2H3,(H,47,50)(H,52,53)/t41-,44-/m1/s1. The maximum atomic E-state index is 13.3. The summed E-state index contributed by atoms with van der Waals surface area (Å²) in [6, 6.07) is 32.3. The number of carbonyl (C=O) groups is 3. The molecular weight excluding hydrogens is 757 g/mol. The van der Waals surface area contributed by atoms with Gasteiger partial charge in [-0.15, -0.1) is 11.8 Å². The van der Waals surface area contributed by atoms with Crippen LogP contribution in [0.3, 0.4) is 0 Å². The fourth-order valence-corrected chi connectivity index (χ4v) is 9.60. The van der Waals surface area contributed by atoms with Crippen LogP contribution in [0.15, 0.2) is 130 Å². The van der Waals surface area contributed by atoms with Crippen molar-refractivity contribution >= 4 is 40.5 Å². The van der Waals surface area contributed by atoms with E-state index in [4.69, 9.17) is 18.6 Å². The van der Waals surface area contributed by atoms with Crippen LogP contribution < -0.4 is 25.0 Å². The SMILES string of the molecule is COc1ccc(-c2c3ccc(=O)cc-3oc3cc(OCc4ccc(OCC5=C(C(=O)O)N6C(=O)[C@@H](NC(=O)Cc7ccccc7)[C@H]6SC56CC6)cc4)ccc23)c(C)c1. The lowest BCUT2D eigenvalue weighted by molar-refractivity contribution is -0.150. The van der Waals surface area contributed by atoms with E-state index in [0.717, 1.165) is 57.4 Å². The molecule has 12 heteroatoms. The van der Waals surface area contributed by atoms with Crippen molar-refractivity contribution in [2.45, 2.75) is 49.0 Å². The summed E-state index contributed by atoms with van der Waals surface area (Å²) >= 11 is 1.53. The van der Waals surface area contributed by atoms with E-state index >= 15 is 0 Å². The van der Waals surface area contributed by atoms with Gasteiger partial charge in [0.15, 0.2) is 5.43 Å². The van der Waals surface area contributed by atoms with Crippen molar-refractivity contribution in [3.63, 3.8) is 0 Å². The van der Waals surface area contributed by atoms with Crippen LogP contribution in [0.5, 0.6) is 17.2 Å². The molecule has 1 saturated heterocycles. The Morgan fingerprint density at radius 3 is 2.29 bits per heavy atom. The number of fused-ring (bicyclic) bond motifs is 3. The molecule has 0 bridgehead atoms. The molecule has 1 spiro atoms. The summed E-state index contributed by atoms with van der Waals surface area (Å²) in [6.45, 7) is 2.28. The summed E-state index contributed by atoms with van der Waals surface area (Å²) in [7, 11) is 1.64. The Labute approximate surface area is 337 Å². The van der Waals surface area contributed by atoms with Crippen molar-refractivity contribution in [1.82, 2.24) is 10.2 Å². The molecule has 0 radical (unpaired) electrons. The molecule has 9 rings (SSSR count). The molecule has 2 aliphatic carbocycles. The summed E-state index contributed by atoms with van der Waals surface area (Å²) < 4.78 is 23.6. The number of carboxylic acids is 1. The van der Waals surface area contributed by atoms with Gasteiger partial charge >= 0.3 is 5.97 Å². The number of amides is 2. The minimum absolute atomic E-state index is 0.00710. The van der Waals surface area contributed by atoms with Crippen molar-refractivity contribution in [2.24, 2.45) is 0 Å². The van der Waals surface area contributed by atoms with Gasteiger partial charge in [-0.25, -0.2) is 4.79 Å². The second-order valence-electron chi connectivity index (χ2n) is 14.7. The zero-order valence-electron chi connectivity index (χ0n) is 31.7. The summed E-state index contributed by atoms with van der Waals surface area (Å²) in [4.78, 5) is 52.4. The van der Waals surface area contributed by atoms with Gasteiger partial charge in [0.25, 0.3) is 5.91 Å². The number of hydrogen-bond donors (Lipinski definition) is 2. The fraction of sp³-hybridized carbons (Fsp3) is 0.217. The average molecular weight is 795 g/mol. The van der Waals surface area contributed by atoms with Crippen LogP contribution in [0.25, 0.3) is 33.4 Å². The topological polar surface area (TPSA) is 145 Å². The van der Waals surface area contributed by atoms with Gasteiger partial charge in [0, 0.05) is 39.0 Å². The van der Waals surface area contributed by atoms with E-state index < -0.39 is 28.0 Å². The number of nitrogens with zero attached hydrogens (tertiary/aromatic N) is 1. The van der Waals surface area contributed by atoms with Crippen LogP contribution in [0.1, 0.15) is 29.5 Å². The number of nitrogens with one attached hydrogen (secondary N) is 1. The Kier molecular flexibility index (Phi) is 9.44. The summed E-state index contributed by atoms with van der Waals surface area (Å²) in [5.74, 6) is 0.448.